The van der Waals surface area contributed by atoms with Gasteiger partial charge in [-0.1, -0.05) is 34.5 Å². The smallest absolute Gasteiger partial charge is 0.259 e. The Morgan fingerprint density at radius 3 is 2.52 bits per heavy atom. The van der Waals surface area contributed by atoms with Gasteiger partial charge in [0.1, 0.15) is 5.75 Å². The summed E-state index contributed by atoms with van der Waals surface area (Å²) in [6.45, 7) is 6.61. The summed E-state index contributed by atoms with van der Waals surface area (Å²) in [4.78, 5) is 29.4. The summed E-state index contributed by atoms with van der Waals surface area (Å²) >= 11 is 9.69. The first-order valence-electron chi connectivity index (χ1n) is 10.3. The summed E-state index contributed by atoms with van der Waals surface area (Å²) in [5.74, 6) is 0.456. The molecule has 2 aromatic carbocycles. The average molecular weight is 509 g/mol. The minimum absolute atomic E-state index is 0.198. The number of rotatable bonds is 6. The minimum Gasteiger partial charge on any atom is -0.496 e. The van der Waals surface area contributed by atoms with Gasteiger partial charge in [0.2, 0.25) is 5.91 Å². The number of halogens is 2. The molecule has 1 fully saturated rings. The van der Waals surface area contributed by atoms with Crippen molar-refractivity contribution in [3.05, 3.63) is 51.0 Å². The summed E-state index contributed by atoms with van der Waals surface area (Å²) in [6, 6.07) is 9.11. The number of nitrogens with one attached hydrogen (secondary N) is 1. The molecular formula is C23H27BrClN3O3. The average Bonchev–Trinajstić information content (AvgIpc) is 2.73. The molecule has 1 heterocycles. The van der Waals surface area contributed by atoms with Gasteiger partial charge in [0.05, 0.1) is 24.0 Å². The number of methoxy groups -OCH3 is 1. The molecule has 0 radical (unpaired) electrons. The van der Waals surface area contributed by atoms with Crippen molar-refractivity contribution in [2.24, 2.45) is 0 Å². The first kappa shape index (κ1) is 23.4. The molecule has 8 heteroatoms. The van der Waals surface area contributed by atoms with Crippen LogP contribution in [0.5, 0.6) is 5.75 Å². The number of nitrogens with zero attached hydrogens (tertiary/aromatic N) is 2. The Morgan fingerprint density at radius 1 is 1.16 bits per heavy atom. The van der Waals surface area contributed by atoms with E-state index in [0.717, 1.165) is 22.1 Å². The first-order valence-corrected chi connectivity index (χ1v) is 11.5. The summed E-state index contributed by atoms with van der Waals surface area (Å²) in [6.07, 6.45) is 1.43. The second kappa shape index (κ2) is 10.4. The third kappa shape index (κ3) is 5.52. The molecule has 0 unspecified atom stereocenters. The maximum absolute atomic E-state index is 13.1. The van der Waals surface area contributed by atoms with Crippen LogP contribution in [0.1, 0.15) is 35.7 Å². The number of carbonyl (C=O) groups is 2. The molecule has 0 atom stereocenters. The molecule has 0 spiro atoms. The van der Waals surface area contributed by atoms with E-state index in [0.29, 0.717) is 54.6 Å². The molecule has 1 N–H and O–H groups in total. The van der Waals surface area contributed by atoms with Crippen LogP contribution in [0.2, 0.25) is 5.02 Å². The van der Waals surface area contributed by atoms with Crippen LogP contribution in [0.25, 0.3) is 0 Å². The second-order valence-electron chi connectivity index (χ2n) is 7.54. The van der Waals surface area contributed by atoms with Crippen LogP contribution in [-0.4, -0.2) is 50.0 Å². The lowest BCUT2D eigenvalue weighted by atomic mass is 10.1. The maximum Gasteiger partial charge on any atom is 0.259 e. The van der Waals surface area contributed by atoms with Gasteiger partial charge >= 0.3 is 0 Å². The van der Waals surface area contributed by atoms with Crippen LogP contribution in [0.3, 0.4) is 0 Å². The fourth-order valence-corrected chi connectivity index (χ4v) is 4.56. The van der Waals surface area contributed by atoms with Crippen molar-refractivity contribution in [2.45, 2.75) is 26.7 Å². The van der Waals surface area contributed by atoms with Crippen molar-refractivity contribution in [3.63, 3.8) is 0 Å². The van der Waals surface area contributed by atoms with Crippen molar-refractivity contribution < 1.29 is 14.3 Å². The number of carbonyl (C=O) groups excluding carboxylic acids is 2. The standard InChI is InChI=1S/C23H27BrClN3O3/c1-4-5-21(29)28-10-8-27(9-11-28)20-7-6-17(25)14-19(20)26-23(30)18-13-16(24)12-15(2)22(18)31-3/h6-7,12-14H,4-5,8-11H2,1-3H3,(H,26,30). The van der Waals surface area contributed by atoms with Gasteiger partial charge in [-0.2, -0.15) is 0 Å². The monoisotopic (exact) mass is 507 g/mol. The molecule has 6 nitrogen and oxygen atoms in total. The van der Waals surface area contributed by atoms with Gasteiger partial charge in [-0.05, 0) is 49.2 Å². The van der Waals surface area contributed by atoms with Gasteiger partial charge in [0.25, 0.3) is 5.91 Å². The lowest BCUT2D eigenvalue weighted by molar-refractivity contribution is -0.131. The number of hydrogen-bond acceptors (Lipinski definition) is 4. The van der Waals surface area contributed by atoms with Crippen molar-refractivity contribution in [3.8, 4) is 5.75 Å². The Labute approximate surface area is 196 Å². The Balaban J connectivity index is 1.82. The molecule has 0 saturated carbocycles. The van der Waals surface area contributed by atoms with E-state index in [-0.39, 0.29) is 11.8 Å². The van der Waals surface area contributed by atoms with Crippen molar-refractivity contribution in [1.82, 2.24) is 4.90 Å². The fraction of sp³-hybridized carbons (Fsp3) is 0.391. The molecule has 1 saturated heterocycles. The largest absolute Gasteiger partial charge is 0.496 e. The van der Waals surface area contributed by atoms with E-state index in [1.54, 1.807) is 19.2 Å². The molecule has 1 aliphatic rings. The van der Waals surface area contributed by atoms with E-state index in [1.165, 1.54) is 0 Å². The van der Waals surface area contributed by atoms with Gasteiger partial charge in [-0.25, -0.2) is 0 Å². The van der Waals surface area contributed by atoms with Gasteiger partial charge in [0.15, 0.2) is 0 Å². The second-order valence-corrected chi connectivity index (χ2v) is 8.89. The summed E-state index contributed by atoms with van der Waals surface area (Å²) in [5, 5.41) is 3.54. The van der Waals surface area contributed by atoms with Crippen molar-refractivity contribution in [1.29, 1.82) is 0 Å². The Hall–Kier alpha value is -2.25. The summed E-state index contributed by atoms with van der Waals surface area (Å²) in [5.41, 5.74) is 2.81. The predicted octanol–water partition coefficient (Wildman–Crippen LogP) is 5.12. The molecule has 1 aliphatic heterocycles. The summed E-state index contributed by atoms with van der Waals surface area (Å²) in [7, 11) is 1.55. The highest BCUT2D eigenvalue weighted by atomic mass is 79.9. The van der Waals surface area contributed by atoms with E-state index >= 15 is 0 Å². The Bertz CT molecular complexity index is 975. The van der Waals surface area contributed by atoms with Crippen LogP contribution in [0.4, 0.5) is 11.4 Å². The van der Waals surface area contributed by atoms with Gasteiger partial charge in [-0.3, -0.25) is 9.59 Å². The lowest BCUT2D eigenvalue weighted by Crippen LogP contribution is -2.48. The quantitative estimate of drug-likeness (QED) is 0.588. The summed E-state index contributed by atoms with van der Waals surface area (Å²) < 4.78 is 6.26. The zero-order valence-corrected chi connectivity index (χ0v) is 20.3. The molecule has 166 valence electrons. The number of ether oxygens (including phenoxy) is 1. The van der Waals surface area contributed by atoms with Gasteiger partial charge in [0, 0.05) is 42.1 Å². The zero-order chi connectivity index (χ0) is 22.5. The van der Waals surface area contributed by atoms with Gasteiger partial charge < -0.3 is 19.9 Å². The molecule has 2 aromatic rings. The topological polar surface area (TPSA) is 61.9 Å². The SMILES string of the molecule is CCCC(=O)N1CCN(c2ccc(Cl)cc2NC(=O)c2cc(Br)cc(C)c2OC)CC1. The number of hydrogen-bond donors (Lipinski definition) is 1. The van der Waals surface area contributed by atoms with E-state index in [4.69, 9.17) is 16.3 Å². The molecule has 2 amide bonds. The van der Waals surface area contributed by atoms with Crippen LogP contribution in [-0.2, 0) is 4.79 Å². The van der Waals surface area contributed by atoms with Crippen LogP contribution >= 0.6 is 27.5 Å². The zero-order valence-electron chi connectivity index (χ0n) is 18.0. The van der Waals surface area contributed by atoms with Crippen molar-refractivity contribution >= 4 is 50.7 Å². The molecule has 3 rings (SSSR count). The Morgan fingerprint density at radius 2 is 1.87 bits per heavy atom. The highest BCUT2D eigenvalue weighted by Crippen LogP contribution is 2.33. The van der Waals surface area contributed by atoms with Crippen LogP contribution in [0, 0.1) is 6.92 Å². The van der Waals surface area contributed by atoms with E-state index in [2.05, 4.69) is 26.1 Å². The molecule has 0 aromatic heterocycles. The van der Waals surface area contributed by atoms with Crippen LogP contribution in [0.15, 0.2) is 34.8 Å². The third-order valence-electron chi connectivity index (χ3n) is 5.33. The normalized spacial score (nSPS) is 13.8. The number of amides is 2. The van der Waals surface area contributed by atoms with E-state index in [1.807, 2.05) is 36.9 Å². The third-order valence-corrected chi connectivity index (χ3v) is 6.02. The molecule has 0 bridgehead atoms. The number of benzene rings is 2. The molecular weight excluding hydrogens is 482 g/mol. The highest BCUT2D eigenvalue weighted by molar-refractivity contribution is 9.10. The van der Waals surface area contributed by atoms with Crippen molar-refractivity contribution in [2.75, 3.05) is 43.5 Å². The predicted molar refractivity (Wildman–Crippen MR) is 129 cm³/mol. The highest BCUT2D eigenvalue weighted by Gasteiger charge is 2.24. The first-order chi connectivity index (χ1) is 14.8. The number of piperazine rings is 1. The lowest BCUT2D eigenvalue weighted by Gasteiger charge is -2.37. The van der Waals surface area contributed by atoms with E-state index in [9.17, 15) is 9.59 Å². The fourth-order valence-electron chi connectivity index (χ4n) is 3.81. The minimum atomic E-state index is -0.276. The molecule has 0 aliphatic carbocycles. The number of aryl methyl sites for hydroxylation is 1. The van der Waals surface area contributed by atoms with Crippen LogP contribution < -0.4 is 15.0 Å². The maximum atomic E-state index is 13.1. The molecule has 31 heavy (non-hydrogen) atoms. The van der Waals surface area contributed by atoms with E-state index < -0.39 is 0 Å². The number of anilines is 2. The Kier molecular flexibility index (Phi) is 7.84. The van der Waals surface area contributed by atoms with Gasteiger partial charge in [-0.15, -0.1) is 0 Å².